The summed E-state index contributed by atoms with van der Waals surface area (Å²) >= 11 is 3.40. The highest BCUT2D eigenvalue weighted by Gasteiger charge is 2.13. The first-order valence-corrected chi connectivity index (χ1v) is 8.43. The van der Waals surface area contributed by atoms with Crippen molar-refractivity contribution in [2.45, 2.75) is 6.54 Å². The van der Waals surface area contributed by atoms with E-state index in [9.17, 15) is 4.79 Å². The van der Waals surface area contributed by atoms with Crippen LogP contribution < -0.4 is 14.8 Å². The molecule has 1 N–H and O–H groups in total. The molecule has 0 saturated carbocycles. The number of hydrogen-bond donors (Lipinski definition) is 1. The first-order valence-electron chi connectivity index (χ1n) is 7.64. The minimum atomic E-state index is -0.221. The Balaban J connectivity index is 1.75. The van der Waals surface area contributed by atoms with Gasteiger partial charge in [0.15, 0.2) is 11.5 Å². The molecule has 0 atom stereocenters. The van der Waals surface area contributed by atoms with Gasteiger partial charge in [0.05, 0.1) is 25.5 Å². The standard InChI is InChI=1S/C17H16BrN5O3/c1-25-15-6-3-11(7-16(15)26-2)9-19-17(24)13-8-12(4-5-14(13)18)23-10-20-21-22-23/h3-8,10H,9H2,1-2H3,(H,19,24). The van der Waals surface area contributed by atoms with E-state index in [0.717, 1.165) is 5.56 Å². The van der Waals surface area contributed by atoms with Gasteiger partial charge in [-0.15, -0.1) is 5.10 Å². The molecule has 2 aromatic carbocycles. The fraction of sp³-hybridized carbons (Fsp3) is 0.176. The summed E-state index contributed by atoms with van der Waals surface area (Å²) in [4.78, 5) is 12.6. The molecule has 9 heteroatoms. The Labute approximate surface area is 158 Å². The van der Waals surface area contributed by atoms with Crippen molar-refractivity contribution in [3.05, 3.63) is 58.3 Å². The molecule has 0 aliphatic rings. The molecule has 0 fully saturated rings. The van der Waals surface area contributed by atoms with E-state index in [4.69, 9.17) is 9.47 Å². The zero-order valence-electron chi connectivity index (χ0n) is 14.1. The molecule has 134 valence electrons. The van der Waals surface area contributed by atoms with Crippen molar-refractivity contribution in [1.82, 2.24) is 25.5 Å². The van der Waals surface area contributed by atoms with Gasteiger partial charge in [0.1, 0.15) is 6.33 Å². The topological polar surface area (TPSA) is 91.2 Å². The summed E-state index contributed by atoms with van der Waals surface area (Å²) in [6.07, 6.45) is 1.47. The number of aromatic nitrogens is 4. The predicted octanol–water partition coefficient (Wildman–Crippen LogP) is 2.37. The number of hydrogen-bond acceptors (Lipinski definition) is 6. The minimum Gasteiger partial charge on any atom is -0.493 e. The largest absolute Gasteiger partial charge is 0.493 e. The van der Waals surface area contributed by atoms with Crippen LogP contribution in [-0.4, -0.2) is 40.3 Å². The number of methoxy groups -OCH3 is 2. The maximum atomic E-state index is 12.6. The molecule has 1 aromatic heterocycles. The maximum absolute atomic E-state index is 12.6. The Bertz CT molecular complexity index is 915. The van der Waals surface area contributed by atoms with Gasteiger partial charge < -0.3 is 14.8 Å². The Morgan fingerprint density at radius 1 is 1.15 bits per heavy atom. The van der Waals surface area contributed by atoms with Crippen LogP contribution in [0.15, 0.2) is 47.2 Å². The third kappa shape index (κ3) is 3.83. The molecule has 26 heavy (non-hydrogen) atoms. The van der Waals surface area contributed by atoms with Gasteiger partial charge in [-0.1, -0.05) is 6.07 Å². The minimum absolute atomic E-state index is 0.221. The monoisotopic (exact) mass is 417 g/mol. The molecule has 0 unspecified atom stereocenters. The summed E-state index contributed by atoms with van der Waals surface area (Å²) < 4.78 is 12.7. The van der Waals surface area contributed by atoms with E-state index in [1.807, 2.05) is 18.2 Å². The fourth-order valence-corrected chi connectivity index (χ4v) is 2.80. The van der Waals surface area contributed by atoms with E-state index >= 15 is 0 Å². The van der Waals surface area contributed by atoms with Crippen molar-refractivity contribution in [3.8, 4) is 17.2 Å². The molecule has 0 aliphatic heterocycles. The van der Waals surface area contributed by atoms with Crippen molar-refractivity contribution in [3.63, 3.8) is 0 Å². The third-order valence-electron chi connectivity index (χ3n) is 3.71. The number of ether oxygens (including phenoxy) is 2. The summed E-state index contributed by atoms with van der Waals surface area (Å²) in [5.74, 6) is 1.03. The highest BCUT2D eigenvalue weighted by atomic mass is 79.9. The summed E-state index contributed by atoms with van der Waals surface area (Å²) in [6, 6.07) is 10.8. The quantitative estimate of drug-likeness (QED) is 0.661. The first kappa shape index (κ1) is 17.9. The smallest absolute Gasteiger partial charge is 0.252 e. The normalized spacial score (nSPS) is 10.4. The molecule has 0 saturated heterocycles. The average molecular weight is 418 g/mol. The van der Waals surface area contributed by atoms with Crippen LogP contribution in [0.25, 0.3) is 5.69 Å². The van der Waals surface area contributed by atoms with E-state index in [0.29, 0.717) is 33.8 Å². The van der Waals surface area contributed by atoms with Crippen LogP contribution in [-0.2, 0) is 6.54 Å². The first-order chi connectivity index (χ1) is 12.6. The van der Waals surface area contributed by atoms with E-state index < -0.39 is 0 Å². The van der Waals surface area contributed by atoms with Crippen molar-refractivity contribution >= 4 is 21.8 Å². The summed E-state index contributed by atoms with van der Waals surface area (Å²) in [5, 5.41) is 13.9. The van der Waals surface area contributed by atoms with Gasteiger partial charge in [-0.05, 0) is 62.3 Å². The molecule has 3 rings (SSSR count). The lowest BCUT2D eigenvalue weighted by Crippen LogP contribution is -2.23. The number of carbonyl (C=O) groups is 1. The van der Waals surface area contributed by atoms with Gasteiger partial charge in [0.25, 0.3) is 5.91 Å². The number of carbonyl (C=O) groups excluding carboxylic acids is 1. The number of nitrogens with one attached hydrogen (secondary N) is 1. The highest BCUT2D eigenvalue weighted by Crippen LogP contribution is 2.27. The number of halogens is 1. The van der Waals surface area contributed by atoms with Crippen LogP contribution in [0.4, 0.5) is 0 Å². The fourth-order valence-electron chi connectivity index (χ4n) is 2.38. The zero-order valence-corrected chi connectivity index (χ0v) is 15.7. The number of tetrazole rings is 1. The molecule has 1 heterocycles. The summed E-state index contributed by atoms with van der Waals surface area (Å²) in [5.41, 5.74) is 2.07. The zero-order chi connectivity index (χ0) is 18.5. The van der Waals surface area contributed by atoms with Gasteiger partial charge in [-0.3, -0.25) is 4.79 Å². The Morgan fingerprint density at radius 2 is 1.96 bits per heavy atom. The molecule has 3 aromatic rings. The summed E-state index contributed by atoms with van der Waals surface area (Å²) in [6.45, 7) is 0.348. The van der Waals surface area contributed by atoms with Crippen LogP contribution in [0.2, 0.25) is 0 Å². The van der Waals surface area contributed by atoms with Crippen LogP contribution in [0.3, 0.4) is 0 Å². The van der Waals surface area contributed by atoms with Crippen LogP contribution in [0, 0.1) is 0 Å². The lowest BCUT2D eigenvalue weighted by atomic mass is 10.1. The number of rotatable bonds is 6. The molecule has 0 bridgehead atoms. The van der Waals surface area contributed by atoms with Gasteiger partial charge in [0, 0.05) is 11.0 Å². The molecular weight excluding hydrogens is 402 g/mol. The molecular formula is C17H16BrN5O3. The van der Waals surface area contributed by atoms with Crippen LogP contribution >= 0.6 is 15.9 Å². The SMILES string of the molecule is COc1ccc(CNC(=O)c2cc(-n3cnnn3)ccc2Br)cc1OC. The van der Waals surface area contributed by atoms with E-state index in [2.05, 4.69) is 36.8 Å². The summed E-state index contributed by atoms with van der Waals surface area (Å²) in [7, 11) is 3.15. The highest BCUT2D eigenvalue weighted by molar-refractivity contribution is 9.10. The Kier molecular flexibility index (Phi) is 5.47. The predicted molar refractivity (Wildman–Crippen MR) is 97.6 cm³/mol. The molecule has 0 aliphatic carbocycles. The second kappa shape index (κ2) is 7.96. The molecule has 0 spiro atoms. The van der Waals surface area contributed by atoms with Gasteiger partial charge >= 0.3 is 0 Å². The molecule has 0 radical (unpaired) electrons. The Morgan fingerprint density at radius 3 is 2.65 bits per heavy atom. The molecule has 8 nitrogen and oxygen atoms in total. The second-order valence-corrected chi connectivity index (χ2v) is 6.14. The lowest BCUT2D eigenvalue weighted by Gasteiger charge is -2.11. The number of amides is 1. The van der Waals surface area contributed by atoms with Crippen LogP contribution in [0.1, 0.15) is 15.9 Å². The van der Waals surface area contributed by atoms with Crippen molar-refractivity contribution in [2.24, 2.45) is 0 Å². The van der Waals surface area contributed by atoms with Gasteiger partial charge in [-0.25, -0.2) is 4.68 Å². The lowest BCUT2D eigenvalue weighted by molar-refractivity contribution is 0.0950. The van der Waals surface area contributed by atoms with Gasteiger partial charge in [-0.2, -0.15) is 0 Å². The van der Waals surface area contributed by atoms with Crippen molar-refractivity contribution < 1.29 is 14.3 Å². The Hall–Kier alpha value is -2.94. The van der Waals surface area contributed by atoms with Crippen molar-refractivity contribution in [2.75, 3.05) is 14.2 Å². The van der Waals surface area contributed by atoms with Crippen LogP contribution in [0.5, 0.6) is 11.5 Å². The second-order valence-electron chi connectivity index (χ2n) is 5.29. The number of benzene rings is 2. The van der Waals surface area contributed by atoms with E-state index in [1.165, 1.54) is 11.0 Å². The average Bonchev–Trinajstić information content (AvgIpc) is 3.21. The van der Waals surface area contributed by atoms with E-state index in [1.54, 1.807) is 32.4 Å². The van der Waals surface area contributed by atoms with E-state index in [-0.39, 0.29) is 5.91 Å². The third-order valence-corrected chi connectivity index (χ3v) is 4.40. The molecule has 1 amide bonds. The number of nitrogens with zero attached hydrogens (tertiary/aromatic N) is 4. The van der Waals surface area contributed by atoms with Gasteiger partial charge in [0.2, 0.25) is 0 Å². The maximum Gasteiger partial charge on any atom is 0.252 e. The van der Waals surface area contributed by atoms with Crippen molar-refractivity contribution in [1.29, 1.82) is 0 Å².